The lowest BCUT2D eigenvalue weighted by atomic mass is 10.1. The maximum atomic E-state index is 13.7. The number of aromatic nitrogens is 2. The molecule has 2 amide bonds. The van der Waals surface area contributed by atoms with E-state index in [4.69, 9.17) is 9.15 Å². The van der Waals surface area contributed by atoms with Crippen molar-refractivity contribution in [2.75, 3.05) is 39.0 Å². The molecule has 1 aliphatic rings. The SMILES string of the molecule is CS(=O)(=O)c1ccc(CC(=O)N2CCCCN(C(=O)c3cc4ccccc4o3)CCOc3cccc(c3)-c3nccn3CCC2)cc1. The summed E-state index contributed by atoms with van der Waals surface area (Å²) < 4.78 is 37.9. The first-order valence-electron chi connectivity index (χ1n) is 15.8. The molecule has 0 fully saturated rings. The molecule has 244 valence electrons. The number of carbonyl (C=O) groups is 2. The van der Waals surface area contributed by atoms with E-state index in [0.29, 0.717) is 63.5 Å². The molecule has 5 aromatic rings. The van der Waals surface area contributed by atoms with Gasteiger partial charge in [0.2, 0.25) is 5.91 Å². The normalized spacial score (nSPS) is 15.1. The van der Waals surface area contributed by atoms with Crippen molar-refractivity contribution >= 4 is 32.6 Å². The van der Waals surface area contributed by atoms with Crippen LogP contribution in [0.25, 0.3) is 22.4 Å². The van der Waals surface area contributed by atoms with Crippen LogP contribution in [0.1, 0.15) is 35.4 Å². The molecule has 6 rings (SSSR count). The molecule has 2 aromatic heterocycles. The second kappa shape index (κ2) is 14.3. The Bertz CT molecular complexity index is 1930. The van der Waals surface area contributed by atoms with Crippen LogP contribution >= 0.6 is 0 Å². The van der Waals surface area contributed by atoms with Crippen molar-refractivity contribution in [2.45, 2.75) is 37.1 Å². The van der Waals surface area contributed by atoms with E-state index in [1.807, 2.05) is 59.6 Å². The molecule has 11 heteroatoms. The highest BCUT2D eigenvalue weighted by Gasteiger charge is 2.21. The third-order valence-electron chi connectivity index (χ3n) is 8.35. The number of sulfone groups is 1. The zero-order valence-electron chi connectivity index (χ0n) is 26.4. The monoisotopic (exact) mass is 654 g/mol. The second-order valence-electron chi connectivity index (χ2n) is 11.8. The Balaban J connectivity index is 1.22. The summed E-state index contributed by atoms with van der Waals surface area (Å²) in [5, 5.41) is 0.868. The Kier molecular flexibility index (Phi) is 9.72. The maximum absolute atomic E-state index is 13.7. The maximum Gasteiger partial charge on any atom is 0.289 e. The Morgan fingerprint density at radius 3 is 2.38 bits per heavy atom. The summed E-state index contributed by atoms with van der Waals surface area (Å²) in [6, 6.07) is 23.6. The molecular formula is C36H38N4O6S. The highest BCUT2D eigenvalue weighted by Crippen LogP contribution is 2.24. The standard InChI is InChI=1S/C36H38N4O6S/c1-47(43,44)31-14-12-27(13-15-31)24-34(41)38-17-4-5-18-40(36(42)33-26-28-8-2-3-11-32(28)46-33)22-23-45-30-10-6-9-29(25-30)35-37-16-21-39(35)20-7-19-38/h2-3,6,8-16,21,25-26H,4-5,7,17-20,22-24H2,1H3. The fourth-order valence-corrected chi connectivity index (χ4v) is 6.48. The molecule has 47 heavy (non-hydrogen) atoms. The van der Waals surface area contributed by atoms with Gasteiger partial charge in [0, 0.05) is 55.8 Å². The van der Waals surface area contributed by atoms with Gasteiger partial charge in [0.1, 0.15) is 23.8 Å². The Morgan fingerprint density at radius 2 is 1.60 bits per heavy atom. The van der Waals surface area contributed by atoms with Crippen molar-refractivity contribution in [3.05, 3.63) is 103 Å². The summed E-state index contributed by atoms with van der Waals surface area (Å²) in [5.41, 5.74) is 2.33. The number of hydrogen-bond acceptors (Lipinski definition) is 7. The van der Waals surface area contributed by atoms with Gasteiger partial charge in [-0.15, -0.1) is 0 Å². The zero-order valence-corrected chi connectivity index (χ0v) is 27.2. The number of para-hydroxylation sites is 1. The zero-order chi connectivity index (χ0) is 32.8. The molecule has 10 nitrogen and oxygen atoms in total. The van der Waals surface area contributed by atoms with E-state index in [1.165, 1.54) is 6.26 Å². The molecule has 3 aromatic carbocycles. The number of furan rings is 1. The highest BCUT2D eigenvalue weighted by atomic mass is 32.2. The van der Waals surface area contributed by atoms with Gasteiger partial charge in [0.25, 0.3) is 5.91 Å². The van der Waals surface area contributed by atoms with E-state index >= 15 is 0 Å². The quantitative estimate of drug-likeness (QED) is 0.252. The topological polar surface area (TPSA) is 115 Å². The first-order chi connectivity index (χ1) is 22.7. The molecule has 0 saturated carbocycles. The minimum absolute atomic E-state index is 0.0304. The largest absolute Gasteiger partial charge is 0.492 e. The number of rotatable bonds is 4. The van der Waals surface area contributed by atoms with Gasteiger partial charge < -0.3 is 23.5 Å². The van der Waals surface area contributed by atoms with E-state index in [1.54, 1.807) is 41.4 Å². The molecule has 0 N–H and O–H groups in total. The summed E-state index contributed by atoms with van der Waals surface area (Å²) in [6.07, 6.45) is 7.14. The van der Waals surface area contributed by atoms with Crippen LogP contribution in [-0.2, 0) is 27.6 Å². The Morgan fingerprint density at radius 1 is 0.830 bits per heavy atom. The lowest BCUT2D eigenvalue weighted by Crippen LogP contribution is -2.37. The van der Waals surface area contributed by atoms with Crippen LogP contribution in [0, 0.1) is 0 Å². The van der Waals surface area contributed by atoms with Gasteiger partial charge in [-0.2, -0.15) is 0 Å². The van der Waals surface area contributed by atoms with Gasteiger partial charge in [0.05, 0.1) is 17.9 Å². The summed E-state index contributed by atoms with van der Waals surface area (Å²) in [5.74, 6) is 1.55. The van der Waals surface area contributed by atoms with E-state index in [0.717, 1.165) is 28.8 Å². The van der Waals surface area contributed by atoms with Gasteiger partial charge in [-0.3, -0.25) is 9.59 Å². The number of carbonyl (C=O) groups excluding carboxylic acids is 2. The molecule has 0 saturated heterocycles. The predicted octanol–water partition coefficient (Wildman–Crippen LogP) is 5.48. The third-order valence-corrected chi connectivity index (χ3v) is 9.48. The van der Waals surface area contributed by atoms with Crippen molar-refractivity contribution < 1.29 is 27.2 Å². The van der Waals surface area contributed by atoms with Crippen LogP contribution in [0.3, 0.4) is 0 Å². The van der Waals surface area contributed by atoms with E-state index < -0.39 is 9.84 Å². The summed E-state index contributed by atoms with van der Waals surface area (Å²) in [4.78, 5) is 35.7. The van der Waals surface area contributed by atoms with Gasteiger partial charge in [-0.25, -0.2) is 13.4 Å². The molecule has 0 aliphatic carbocycles. The van der Waals surface area contributed by atoms with Gasteiger partial charge in [0.15, 0.2) is 15.6 Å². The fourth-order valence-electron chi connectivity index (χ4n) is 5.85. The van der Waals surface area contributed by atoms with Crippen LogP contribution in [0.15, 0.2) is 101 Å². The van der Waals surface area contributed by atoms with Crippen LogP contribution in [-0.4, -0.2) is 78.6 Å². The molecule has 2 bridgehead atoms. The molecular weight excluding hydrogens is 616 g/mol. The average Bonchev–Trinajstić information content (AvgIpc) is 3.72. The van der Waals surface area contributed by atoms with Gasteiger partial charge in [-0.1, -0.05) is 42.5 Å². The molecule has 0 atom stereocenters. The average molecular weight is 655 g/mol. The number of hydrogen-bond donors (Lipinski definition) is 0. The Labute approximate surface area is 274 Å². The first-order valence-corrected chi connectivity index (χ1v) is 17.7. The predicted molar refractivity (Wildman–Crippen MR) is 179 cm³/mol. The molecule has 0 unspecified atom stereocenters. The minimum Gasteiger partial charge on any atom is -0.492 e. The lowest BCUT2D eigenvalue weighted by Gasteiger charge is -2.25. The molecule has 0 radical (unpaired) electrons. The first kappa shape index (κ1) is 32.1. The van der Waals surface area contributed by atoms with E-state index in [-0.39, 0.29) is 28.9 Å². The summed E-state index contributed by atoms with van der Waals surface area (Å²) in [6.45, 7) is 2.88. The van der Waals surface area contributed by atoms with Crippen molar-refractivity contribution in [1.29, 1.82) is 0 Å². The Hall–Kier alpha value is -4.90. The number of ether oxygens (including phenoxy) is 1. The number of nitrogens with zero attached hydrogens (tertiary/aromatic N) is 4. The second-order valence-corrected chi connectivity index (χ2v) is 13.8. The van der Waals surface area contributed by atoms with Crippen molar-refractivity contribution in [3.63, 3.8) is 0 Å². The van der Waals surface area contributed by atoms with Crippen molar-refractivity contribution in [2.24, 2.45) is 0 Å². The number of fused-ring (bicyclic) bond motifs is 5. The number of aryl methyl sites for hydroxylation is 1. The third kappa shape index (κ3) is 7.91. The summed E-state index contributed by atoms with van der Waals surface area (Å²) >= 11 is 0. The van der Waals surface area contributed by atoms with E-state index in [2.05, 4.69) is 9.55 Å². The van der Waals surface area contributed by atoms with Crippen LogP contribution in [0.5, 0.6) is 5.75 Å². The minimum atomic E-state index is -3.32. The van der Waals surface area contributed by atoms with Crippen molar-refractivity contribution in [3.8, 4) is 17.1 Å². The highest BCUT2D eigenvalue weighted by molar-refractivity contribution is 7.90. The van der Waals surface area contributed by atoms with Crippen molar-refractivity contribution in [1.82, 2.24) is 19.4 Å². The fraction of sp³-hybridized carbons (Fsp3) is 0.306. The van der Waals surface area contributed by atoms with E-state index in [9.17, 15) is 18.0 Å². The summed E-state index contributed by atoms with van der Waals surface area (Å²) in [7, 11) is -3.32. The lowest BCUT2D eigenvalue weighted by molar-refractivity contribution is -0.130. The van der Waals surface area contributed by atoms with Gasteiger partial charge in [-0.05, 0) is 61.2 Å². The number of amides is 2. The number of benzene rings is 3. The molecule has 1 aliphatic heterocycles. The van der Waals surface area contributed by atoms with Crippen LogP contribution < -0.4 is 4.74 Å². The molecule has 0 spiro atoms. The molecule has 3 heterocycles. The van der Waals surface area contributed by atoms with Gasteiger partial charge >= 0.3 is 0 Å². The van der Waals surface area contributed by atoms with Crippen LogP contribution in [0.4, 0.5) is 0 Å². The van der Waals surface area contributed by atoms with Crippen LogP contribution in [0.2, 0.25) is 0 Å². The smallest absolute Gasteiger partial charge is 0.289 e. The number of imidazole rings is 1.